The van der Waals surface area contributed by atoms with Crippen molar-refractivity contribution in [2.24, 2.45) is 0 Å². The SMILES string of the molecule is CC(C)(C)N1CCC[C@@H]1c1cccc(F)c1. The van der Waals surface area contributed by atoms with Gasteiger partial charge in [-0.25, -0.2) is 4.39 Å². The van der Waals surface area contributed by atoms with Crippen molar-refractivity contribution in [1.29, 1.82) is 0 Å². The van der Waals surface area contributed by atoms with E-state index in [2.05, 4.69) is 25.7 Å². The van der Waals surface area contributed by atoms with Crippen LogP contribution in [0.3, 0.4) is 0 Å². The van der Waals surface area contributed by atoms with Crippen molar-refractivity contribution in [2.75, 3.05) is 6.54 Å². The lowest BCUT2D eigenvalue weighted by atomic mass is 9.99. The molecule has 0 aromatic heterocycles. The maximum atomic E-state index is 13.2. The van der Waals surface area contributed by atoms with Gasteiger partial charge in [0, 0.05) is 11.6 Å². The number of benzene rings is 1. The van der Waals surface area contributed by atoms with Crippen LogP contribution in [0.15, 0.2) is 24.3 Å². The highest BCUT2D eigenvalue weighted by Gasteiger charge is 2.33. The fourth-order valence-electron chi connectivity index (χ4n) is 2.63. The average molecular weight is 221 g/mol. The van der Waals surface area contributed by atoms with Crippen molar-refractivity contribution in [3.8, 4) is 0 Å². The number of nitrogens with zero attached hydrogens (tertiary/aromatic N) is 1. The maximum Gasteiger partial charge on any atom is 0.123 e. The van der Waals surface area contributed by atoms with Crippen molar-refractivity contribution in [3.63, 3.8) is 0 Å². The molecule has 2 rings (SSSR count). The normalized spacial score (nSPS) is 22.6. The van der Waals surface area contributed by atoms with Gasteiger partial charge in [-0.15, -0.1) is 0 Å². The van der Waals surface area contributed by atoms with Crippen LogP contribution in [0.1, 0.15) is 45.2 Å². The molecule has 1 aromatic carbocycles. The van der Waals surface area contributed by atoms with Gasteiger partial charge >= 0.3 is 0 Å². The molecule has 16 heavy (non-hydrogen) atoms. The zero-order valence-electron chi connectivity index (χ0n) is 10.3. The van der Waals surface area contributed by atoms with Crippen LogP contribution in [0, 0.1) is 5.82 Å². The number of rotatable bonds is 1. The van der Waals surface area contributed by atoms with Crippen LogP contribution in [0.5, 0.6) is 0 Å². The Morgan fingerprint density at radius 3 is 2.69 bits per heavy atom. The molecule has 1 saturated heterocycles. The Morgan fingerprint density at radius 2 is 2.06 bits per heavy atom. The van der Waals surface area contributed by atoms with E-state index in [1.54, 1.807) is 6.07 Å². The summed E-state index contributed by atoms with van der Waals surface area (Å²) in [5, 5.41) is 0. The number of hydrogen-bond donors (Lipinski definition) is 0. The first-order valence-electron chi connectivity index (χ1n) is 6.01. The van der Waals surface area contributed by atoms with Crippen molar-refractivity contribution in [3.05, 3.63) is 35.6 Å². The van der Waals surface area contributed by atoms with E-state index in [1.165, 1.54) is 12.5 Å². The third kappa shape index (κ3) is 2.27. The largest absolute Gasteiger partial charge is 0.291 e. The molecule has 1 heterocycles. The van der Waals surface area contributed by atoms with Gasteiger partial charge in [-0.05, 0) is 57.9 Å². The Labute approximate surface area is 97.3 Å². The van der Waals surface area contributed by atoms with Gasteiger partial charge < -0.3 is 0 Å². The first-order valence-corrected chi connectivity index (χ1v) is 6.01. The van der Waals surface area contributed by atoms with Gasteiger partial charge in [-0.3, -0.25) is 4.90 Å². The van der Waals surface area contributed by atoms with Gasteiger partial charge in [0.1, 0.15) is 5.82 Å². The second kappa shape index (κ2) is 4.17. The van der Waals surface area contributed by atoms with Crippen molar-refractivity contribution < 1.29 is 4.39 Å². The zero-order chi connectivity index (χ0) is 11.8. The minimum absolute atomic E-state index is 0.127. The van der Waals surface area contributed by atoms with Crippen LogP contribution in [-0.4, -0.2) is 17.0 Å². The van der Waals surface area contributed by atoms with E-state index in [9.17, 15) is 4.39 Å². The predicted molar refractivity (Wildman–Crippen MR) is 64.8 cm³/mol. The molecule has 2 heteroatoms. The van der Waals surface area contributed by atoms with E-state index < -0.39 is 0 Å². The lowest BCUT2D eigenvalue weighted by molar-refractivity contribution is 0.121. The van der Waals surface area contributed by atoms with Crippen LogP contribution in [0.2, 0.25) is 0 Å². The molecular formula is C14H20FN. The molecule has 1 atom stereocenters. The van der Waals surface area contributed by atoms with E-state index in [0.717, 1.165) is 18.5 Å². The summed E-state index contributed by atoms with van der Waals surface area (Å²) in [7, 11) is 0. The summed E-state index contributed by atoms with van der Waals surface area (Å²) in [5.41, 5.74) is 1.28. The van der Waals surface area contributed by atoms with Gasteiger partial charge in [0.2, 0.25) is 0 Å². The van der Waals surface area contributed by atoms with Crippen molar-refractivity contribution in [1.82, 2.24) is 4.90 Å². The molecule has 1 nitrogen and oxygen atoms in total. The van der Waals surface area contributed by atoms with Gasteiger partial charge in [-0.2, -0.15) is 0 Å². The summed E-state index contributed by atoms with van der Waals surface area (Å²) in [4.78, 5) is 2.47. The zero-order valence-corrected chi connectivity index (χ0v) is 10.3. The highest BCUT2D eigenvalue weighted by Crippen LogP contribution is 2.37. The summed E-state index contributed by atoms with van der Waals surface area (Å²) < 4.78 is 13.2. The Balaban J connectivity index is 2.27. The van der Waals surface area contributed by atoms with Crippen molar-refractivity contribution in [2.45, 2.75) is 45.2 Å². The monoisotopic (exact) mass is 221 g/mol. The molecule has 0 N–H and O–H groups in total. The second-order valence-electron chi connectivity index (χ2n) is 5.58. The summed E-state index contributed by atoms with van der Waals surface area (Å²) in [6.45, 7) is 7.80. The fourth-order valence-corrected chi connectivity index (χ4v) is 2.63. The summed E-state index contributed by atoms with van der Waals surface area (Å²) in [6, 6.07) is 7.42. The molecule has 0 aliphatic carbocycles. The first-order chi connectivity index (χ1) is 7.48. The molecule has 1 aliphatic heterocycles. The van der Waals surface area contributed by atoms with Crippen LogP contribution in [-0.2, 0) is 0 Å². The summed E-state index contributed by atoms with van der Waals surface area (Å²) >= 11 is 0. The Bertz CT molecular complexity index is 367. The first kappa shape index (κ1) is 11.6. The number of likely N-dealkylation sites (tertiary alicyclic amines) is 1. The van der Waals surface area contributed by atoms with E-state index in [4.69, 9.17) is 0 Å². The van der Waals surface area contributed by atoms with E-state index in [0.29, 0.717) is 6.04 Å². The van der Waals surface area contributed by atoms with E-state index in [1.807, 2.05) is 12.1 Å². The minimum Gasteiger partial charge on any atom is -0.291 e. The van der Waals surface area contributed by atoms with Crippen LogP contribution in [0.4, 0.5) is 4.39 Å². The van der Waals surface area contributed by atoms with Gasteiger partial charge in [-0.1, -0.05) is 12.1 Å². The number of halogens is 1. The van der Waals surface area contributed by atoms with E-state index in [-0.39, 0.29) is 11.4 Å². The van der Waals surface area contributed by atoms with Gasteiger partial charge in [0.05, 0.1) is 0 Å². The molecule has 1 fully saturated rings. The predicted octanol–water partition coefficient (Wildman–Crippen LogP) is 3.76. The topological polar surface area (TPSA) is 3.24 Å². The summed E-state index contributed by atoms with van der Waals surface area (Å²) in [6.07, 6.45) is 2.35. The third-order valence-corrected chi connectivity index (χ3v) is 3.35. The maximum absolute atomic E-state index is 13.2. The lowest BCUT2D eigenvalue weighted by Gasteiger charge is -2.37. The van der Waals surface area contributed by atoms with E-state index >= 15 is 0 Å². The Kier molecular flexibility index (Phi) is 3.02. The molecule has 1 aromatic rings. The van der Waals surface area contributed by atoms with Crippen molar-refractivity contribution >= 4 is 0 Å². The molecular weight excluding hydrogens is 201 g/mol. The molecule has 0 spiro atoms. The fraction of sp³-hybridized carbons (Fsp3) is 0.571. The van der Waals surface area contributed by atoms with Gasteiger partial charge in [0.15, 0.2) is 0 Å². The van der Waals surface area contributed by atoms with Crippen LogP contribution < -0.4 is 0 Å². The van der Waals surface area contributed by atoms with Crippen LogP contribution >= 0.6 is 0 Å². The highest BCUT2D eigenvalue weighted by molar-refractivity contribution is 5.21. The van der Waals surface area contributed by atoms with Gasteiger partial charge in [0.25, 0.3) is 0 Å². The minimum atomic E-state index is -0.127. The Morgan fingerprint density at radius 1 is 1.31 bits per heavy atom. The molecule has 0 radical (unpaired) electrons. The molecule has 0 amide bonds. The third-order valence-electron chi connectivity index (χ3n) is 3.35. The molecule has 0 saturated carbocycles. The number of hydrogen-bond acceptors (Lipinski definition) is 1. The Hall–Kier alpha value is -0.890. The second-order valence-corrected chi connectivity index (χ2v) is 5.58. The molecule has 88 valence electrons. The molecule has 0 bridgehead atoms. The van der Waals surface area contributed by atoms with Crippen LogP contribution in [0.25, 0.3) is 0 Å². The highest BCUT2D eigenvalue weighted by atomic mass is 19.1. The molecule has 1 aliphatic rings. The lowest BCUT2D eigenvalue weighted by Crippen LogP contribution is -2.40. The summed E-state index contributed by atoms with van der Waals surface area (Å²) in [5.74, 6) is -0.127. The quantitative estimate of drug-likeness (QED) is 0.698. The average Bonchev–Trinajstić information content (AvgIpc) is 2.65. The molecule has 0 unspecified atom stereocenters. The standard InChI is InChI=1S/C14H20FN/c1-14(2,3)16-9-5-8-13(16)11-6-4-7-12(15)10-11/h4,6-7,10,13H,5,8-9H2,1-3H3/t13-/m1/s1. The smallest absolute Gasteiger partial charge is 0.123 e.